The summed E-state index contributed by atoms with van der Waals surface area (Å²) in [5, 5.41) is 20.0. The zero-order chi connectivity index (χ0) is 22.7. The standard InChI is InChI=1S/C25H51NO3S/c1-5-6-7-8-9-10-11-12-13-14-15-16-17-18-19-23(27)22-26(2,3)24(25(28)29)20-21-30-4/h23-24,27H,5-22H2,1-4H3/p+1. The molecule has 0 aliphatic carbocycles. The number of carboxylic acids is 1. The Morgan fingerprint density at radius 3 is 1.63 bits per heavy atom. The molecule has 180 valence electrons. The van der Waals surface area contributed by atoms with Crippen molar-refractivity contribution in [3.63, 3.8) is 0 Å². The molecule has 0 radical (unpaired) electrons. The summed E-state index contributed by atoms with van der Waals surface area (Å²) >= 11 is 1.68. The number of carboxylic acid groups (broad SMARTS) is 1. The molecule has 0 heterocycles. The number of unbranched alkanes of at least 4 members (excludes halogenated alkanes) is 13. The summed E-state index contributed by atoms with van der Waals surface area (Å²) in [5.41, 5.74) is 0. The van der Waals surface area contributed by atoms with Crippen LogP contribution in [0.5, 0.6) is 0 Å². The van der Waals surface area contributed by atoms with Crippen LogP contribution in [0.3, 0.4) is 0 Å². The molecule has 0 amide bonds. The molecule has 2 unspecified atom stereocenters. The fraction of sp³-hybridized carbons (Fsp3) is 0.960. The smallest absolute Gasteiger partial charge is 0.362 e. The van der Waals surface area contributed by atoms with Gasteiger partial charge >= 0.3 is 5.97 Å². The van der Waals surface area contributed by atoms with Crippen molar-refractivity contribution in [2.45, 2.75) is 122 Å². The number of likely N-dealkylation sites (N-methyl/N-ethyl adjacent to an activating group) is 1. The topological polar surface area (TPSA) is 57.5 Å². The average Bonchev–Trinajstić information content (AvgIpc) is 2.67. The largest absolute Gasteiger partial charge is 0.477 e. The lowest BCUT2D eigenvalue weighted by atomic mass is 10.0. The highest BCUT2D eigenvalue weighted by atomic mass is 32.2. The fourth-order valence-electron chi connectivity index (χ4n) is 4.34. The van der Waals surface area contributed by atoms with Crippen LogP contribution in [-0.2, 0) is 4.79 Å². The molecule has 5 heteroatoms. The summed E-state index contributed by atoms with van der Waals surface area (Å²) < 4.78 is 0.357. The first-order valence-electron chi connectivity index (χ1n) is 12.6. The maximum atomic E-state index is 11.6. The summed E-state index contributed by atoms with van der Waals surface area (Å²) in [7, 11) is 3.88. The molecule has 2 atom stereocenters. The lowest BCUT2D eigenvalue weighted by Gasteiger charge is -2.37. The maximum Gasteiger partial charge on any atom is 0.362 e. The molecule has 0 aromatic rings. The summed E-state index contributed by atoms with van der Waals surface area (Å²) in [6.45, 7) is 2.79. The second-order valence-corrected chi connectivity index (χ2v) is 10.6. The van der Waals surface area contributed by atoms with E-state index in [0.717, 1.165) is 18.6 Å². The van der Waals surface area contributed by atoms with Crippen molar-refractivity contribution in [3.8, 4) is 0 Å². The van der Waals surface area contributed by atoms with Gasteiger partial charge in [0.1, 0.15) is 12.6 Å². The Balaban J connectivity index is 3.68. The summed E-state index contributed by atoms with van der Waals surface area (Å²) in [6.07, 6.45) is 21.7. The Morgan fingerprint density at radius 2 is 1.23 bits per heavy atom. The van der Waals surface area contributed by atoms with Crippen LogP contribution in [0.15, 0.2) is 0 Å². The second-order valence-electron chi connectivity index (χ2n) is 9.64. The molecule has 0 bridgehead atoms. The maximum absolute atomic E-state index is 11.6. The number of aliphatic carboxylic acids is 1. The average molecular weight is 447 g/mol. The number of aliphatic hydroxyl groups excluding tert-OH is 1. The summed E-state index contributed by atoms with van der Waals surface area (Å²) in [4.78, 5) is 11.6. The summed E-state index contributed by atoms with van der Waals surface area (Å²) in [6, 6.07) is -0.441. The number of hydrogen-bond donors (Lipinski definition) is 2. The summed E-state index contributed by atoms with van der Waals surface area (Å²) in [5.74, 6) is 0.0889. The Labute approximate surface area is 191 Å². The van der Waals surface area contributed by atoms with Crippen molar-refractivity contribution in [1.82, 2.24) is 0 Å². The van der Waals surface area contributed by atoms with Gasteiger partial charge in [-0.1, -0.05) is 96.8 Å². The normalized spacial score (nSPS) is 14.0. The Bertz CT molecular complexity index is 404. The minimum atomic E-state index is -0.752. The van der Waals surface area contributed by atoms with E-state index in [1.54, 1.807) is 11.8 Å². The molecule has 2 N–H and O–H groups in total. The van der Waals surface area contributed by atoms with Crippen molar-refractivity contribution in [3.05, 3.63) is 0 Å². The first-order chi connectivity index (χ1) is 14.3. The number of thioether (sulfide) groups is 1. The lowest BCUT2D eigenvalue weighted by Crippen LogP contribution is -2.56. The SMILES string of the molecule is CCCCCCCCCCCCCCCCC(O)C[N+](C)(C)C(CCSC)C(=O)O. The van der Waals surface area contributed by atoms with Crippen molar-refractivity contribution in [1.29, 1.82) is 0 Å². The van der Waals surface area contributed by atoms with E-state index in [0.29, 0.717) is 17.4 Å². The van der Waals surface area contributed by atoms with Gasteiger partial charge in [0, 0.05) is 6.42 Å². The number of carbonyl (C=O) groups is 1. The van der Waals surface area contributed by atoms with Crippen molar-refractivity contribution >= 4 is 17.7 Å². The zero-order valence-electron chi connectivity index (χ0n) is 20.5. The zero-order valence-corrected chi connectivity index (χ0v) is 21.4. The third-order valence-electron chi connectivity index (χ3n) is 6.30. The van der Waals surface area contributed by atoms with Crippen LogP contribution < -0.4 is 0 Å². The van der Waals surface area contributed by atoms with Gasteiger partial charge in [0.15, 0.2) is 6.04 Å². The minimum Gasteiger partial charge on any atom is -0.477 e. The van der Waals surface area contributed by atoms with Crippen molar-refractivity contribution < 1.29 is 19.5 Å². The van der Waals surface area contributed by atoms with E-state index >= 15 is 0 Å². The minimum absolute atomic E-state index is 0.357. The first-order valence-corrected chi connectivity index (χ1v) is 14.0. The van der Waals surface area contributed by atoms with Gasteiger partial charge in [0.05, 0.1) is 14.1 Å². The van der Waals surface area contributed by atoms with Gasteiger partial charge in [-0.3, -0.25) is 0 Å². The molecule has 0 saturated carbocycles. The van der Waals surface area contributed by atoms with E-state index < -0.39 is 18.1 Å². The van der Waals surface area contributed by atoms with E-state index in [4.69, 9.17) is 0 Å². The monoisotopic (exact) mass is 446 g/mol. The van der Waals surface area contributed by atoms with Crippen LogP contribution in [0, 0.1) is 0 Å². The molecular weight excluding hydrogens is 394 g/mol. The molecule has 0 aliphatic rings. The quantitative estimate of drug-likeness (QED) is 0.147. The van der Waals surface area contributed by atoms with Gasteiger partial charge < -0.3 is 14.7 Å². The molecule has 0 saturated heterocycles. The van der Waals surface area contributed by atoms with Gasteiger partial charge in [0.25, 0.3) is 0 Å². The molecule has 0 rings (SSSR count). The highest BCUT2D eigenvalue weighted by molar-refractivity contribution is 7.98. The van der Waals surface area contributed by atoms with Crippen LogP contribution in [0.25, 0.3) is 0 Å². The van der Waals surface area contributed by atoms with Gasteiger partial charge in [-0.05, 0) is 18.4 Å². The molecule has 0 aromatic carbocycles. The van der Waals surface area contributed by atoms with E-state index in [1.807, 2.05) is 20.4 Å². The number of rotatable bonds is 22. The van der Waals surface area contributed by atoms with E-state index in [2.05, 4.69) is 6.92 Å². The third kappa shape index (κ3) is 16.4. The number of quaternary nitrogens is 1. The molecule has 0 aliphatic heterocycles. The van der Waals surface area contributed by atoms with Crippen molar-refractivity contribution in [2.24, 2.45) is 0 Å². The molecule has 4 nitrogen and oxygen atoms in total. The second kappa shape index (κ2) is 19.4. The molecule has 0 spiro atoms. The Morgan fingerprint density at radius 1 is 0.800 bits per heavy atom. The van der Waals surface area contributed by atoms with Gasteiger partial charge in [-0.15, -0.1) is 0 Å². The number of aliphatic hydroxyl groups is 1. The van der Waals surface area contributed by atoms with Crippen LogP contribution in [0.2, 0.25) is 0 Å². The predicted molar refractivity (Wildman–Crippen MR) is 132 cm³/mol. The van der Waals surface area contributed by atoms with E-state index in [9.17, 15) is 15.0 Å². The van der Waals surface area contributed by atoms with E-state index in [-0.39, 0.29) is 0 Å². The number of hydrogen-bond acceptors (Lipinski definition) is 3. The highest BCUT2D eigenvalue weighted by Crippen LogP contribution is 2.18. The third-order valence-corrected chi connectivity index (χ3v) is 6.94. The van der Waals surface area contributed by atoms with Crippen molar-refractivity contribution in [2.75, 3.05) is 32.6 Å². The predicted octanol–water partition coefficient (Wildman–Crippen LogP) is 6.50. The van der Waals surface area contributed by atoms with E-state index in [1.165, 1.54) is 83.5 Å². The lowest BCUT2D eigenvalue weighted by molar-refractivity contribution is -0.909. The number of nitrogens with zero attached hydrogens (tertiary/aromatic N) is 1. The first kappa shape index (κ1) is 29.7. The molecule has 0 fully saturated rings. The molecule has 0 aromatic heterocycles. The van der Waals surface area contributed by atoms with Gasteiger partial charge in [-0.2, -0.15) is 11.8 Å². The Hall–Kier alpha value is -0.260. The van der Waals surface area contributed by atoms with Gasteiger partial charge in [0.2, 0.25) is 0 Å². The molecular formula is C25H52NO3S+. The van der Waals surface area contributed by atoms with Crippen LogP contribution >= 0.6 is 11.8 Å². The fourth-order valence-corrected chi connectivity index (χ4v) is 4.80. The van der Waals surface area contributed by atoms with Crippen LogP contribution in [0.4, 0.5) is 0 Å². The van der Waals surface area contributed by atoms with Crippen LogP contribution in [-0.4, -0.2) is 65.5 Å². The Kier molecular flexibility index (Phi) is 19.3. The van der Waals surface area contributed by atoms with Gasteiger partial charge in [-0.25, -0.2) is 4.79 Å². The van der Waals surface area contributed by atoms with Crippen LogP contribution in [0.1, 0.15) is 110 Å². The molecule has 30 heavy (non-hydrogen) atoms. The highest BCUT2D eigenvalue weighted by Gasteiger charge is 2.35.